The molecular weight excluding hydrogens is 402 g/mol. The van der Waals surface area contributed by atoms with Crippen molar-refractivity contribution in [2.45, 2.75) is 82.8 Å². The van der Waals surface area contributed by atoms with E-state index in [2.05, 4.69) is 38.1 Å². The van der Waals surface area contributed by atoms with Crippen LogP contribution in [-0.4, -0.2) is 31.8 Å². The summed E-state index contributed by atoms with van der Waals surface area (Å²) in [6.07, 6.45) is 11.4. The topological polar surface area (TPSA) is 18.5 Å². The highest BCUT2D eigenvalue weighted by Gasteiger charge is 2.42. The second-order valence-corrected chi connectivity index (χ2v) is 10.8. The lowest BCUT2D eigenvalue weighted by Gasteiger charge is -2.27. The summed E-state index contributed by atoms with van der Waals surface area (Å²) in [6, 6.07) is 9.07. The maximum Gasteiger partial charge on any atom is 0.673 e. The molecule has 0 unspecified atom stereocenters. The van der Waals surface area contributed by atoms with Crippen LogP contribution in [0.2, 0.25) is 0 Å². The fourth-order valence-electron chi connectivity index (χ4n) is 4.74. The molecule has 2 fully saturated rings. The van der Waals surface area contributed by atoms with Crippen molar-refractivity contribution in [2.75, 3.05) is 13.2 Å². The maximum atomic E-state index is 9.75. The van der Waals surface area contributed by atoms with Crippen molar-refractivity contribution in [1.82, 2.24) is 0 Å². The van der Waals surface area contributed by atoms with E-state index in [9.17, 15) is 17.3 Å². The van der Waals surface area contributed by atoms with Crippen LogP contribution in [0, 0.1) is 0 Å². The van der Waals surface area contributed by atoms with Gasteiger partial charge in [-0.3, -0.25) is 0 Å². The van der Waals surface area contributed by atoms with Crippen LogP contribution >= 0.6 is 7.92 Å². The average molecular weight is 436 g/mol. The first-order valence-corrected chi connectivity index (χ1v) is 12.6. The summed E-state index contributed by atoms with van der Waals surface area (Å²) in [7, 11) is -6.55. The first-order chi connectivity index (χ1) is 13.8. The molecule has 2 saturated carbocycles. The summed E-state index contributed by atoms with van der Waals surface area (Å²) in [5.41, 5.74) is 3.25. The molecule has 8 heteroatoms. The molecule has 0 aliphatic heterocycles. The van der Waals surface area contributed by atoms with Crippen LogP contribution in [0.4, 0.5) is 17.3 Å². The van der Waals surface area contributed by atoms with Crippen molar-refractivity contribution in [2.24, 2.45) is 0 Å². The van der Waals surface area contributed by atoms with Gasteiger partial charge in [-0.05, 0) is 77.3 Å². The standard InChI is InChI=1S/C21H33O2P.BF4/c1-3-22-21(23-4-2)19-15-9-10-16-20(19)24(17-11-5-6-12-17)18-13-7-8-14-18;2-1(3,4)5/h9-10,15-18,21H,3-8,11-14H2,1-2H3;/q;-1/p+1. The third-order valence-corrected chi connectivity index (χ3v) is 9.74. The number of halogens is 4. The van der Waals surface area contributed by atoms with Crippen molar-refractivity contribution in [1.29, 1.82) is 0 Å². The number of rotatable bonds is 8. The first-order valence-electron chi connectivity index (χ1n) is 10.9. The Hall–Kier alpha value is -0.645. The summed E-state index contributed by atoms with van der Waals surface area (Å²) in [5.74, 6) is 0. The van der Waals surface area contributed by atoms with E-state index in [0.717, 1.165) is 11.3 Å². The summed E-state index contributed by atoms with van der Waals surface area (Å²) in [4.78, 5) is 0. The average Bonchev–Trinajstić information content (AvgIpc) is 3.36. The molecule has 2 aliphatic carbocycles. The Balaban J connectivity index is 0.000000537. The van der Waals surface area contributed by atoms with Crippen molar-refractivity contribution in [3.8, 4) is 0 Å². The smallest absolute Gasteiger partial charge is 0.418 e. The minimum atomic E-state index is -6.00. The summed E-state index contributed by atoms with van der Waals surface area (Å²) < 4.78 is 51.0. The molecule has 1 aromatic rings. The second-order valence-electron chi connectivity index (χ2n) is 7.74. The van der Waals surface area contributed by atoms with Crippen molar-refractivity contribution < 1.29 is 26.7 Å². The third kappa shape index (κ3) is 8.18. The Kier molecular flexibility index (Phi) is 10.4. The lowest BCUT2D eigenvalue weighted by molar-refractivity contribution is -0.139. The molecule has 0 atom stereocenters. The van der Waals surface area contributed by atoms with Gasteiger partial charge in [0, 0.05) is 26.7 Å². The molecule has 0 N–H and O–H groups in total. The first kappa shape index (κ1) is 24.6. The predicted molar refractivity (Wildman–Crippen MR) is 115 cm³/mol. The van der Waals surface area contributed by atoms with E-state index in [1.807, 2.05) is 0 Å². The van der Waals surface area contributed by atoms with Gasteiger partial charge in [-0.1, -0.05) is 12.1 Å². The van der Waals surface area contributed by atoms with E-state index in [1.54, 1.807) is 5.30 Å². The molecule has 0 spiro atoms. The fraction of sp³-hybridized carbons (Fsp3) is 0.714. The Morgan fingerprint density at radius 3 is 1.69 bits per heavy atom. The van der Waals surface area contributed by atoms with E-state index in [4.69, 9.17) is 9.47 Å². The molecule has 0 saturated heterocycles. The molecule has 0 bridgehead atoms. The Labute approximate surface area is 173 Å². The normalized spacial score (nSPS) is 18.5. The second kappa shape index (κ2) is 12.3. The minimum absolute atomic E-state index is 0.181. The van der Waals surface area contributed by atoms with E-state index in [0.29, 0.717) is 13.2 Å². The molecule has 1 aromatic carbocycles. The Morgan fingerprint density at radius 2 is 1.28 bits per heavy atom. The Bertz CT molecular complexity index is 562. The number of hydrogen-bond donors (Lipinski definition) is 0. The van der Waals surface area contributed by atoms with E-state index in [1.165, 1.54) is 56.9 Å². The highest BCUT2D eigenvalue weighted by Crippen LogP contribution is 2.57. The molecular formula is C21H34BF4O2P. The Morgan fingerprint density at radius 1 is 0.862 bits per heavy atom. The molecule has 0 heterocycles. The van der Waals surface area contributed by atoms with Gasteiger partial charge in [0.15, 0.2) is 6.29 Å². The monoisotopic (exact) mass is 436 g/mol. The van der Waals surface area contributed by atoms with Crippen LogP contribution in [0.15, 0.2) is 24.3 Å². The molecule has 2 nitrogen and oxygen atoms in total. The van der Waals surface area contributed by atoms with Crippen LogP contribution < -0.4 is 5.30 Å². The summed E-state index contributed by atoms with van der Waals surface area (Å²) in [6.45, 7) is 5.53. The number of hydrogen-bond acceptors (Lipinski definition) is 2. The van der Waals surface area contributed by atoms with Crippen molar-refractivity contribution in [3.63, 3.8) is 0 Å². The van der Waals surface area contributed by atoms with E-state index < -0.39 is 15.2 Å². The molecule has 29 heavy (non-hydrogen) atoms. The molecule has 166 valence electrons. The van der Waals surface area contributed by atoms with Crippen LogP contribution in [-0.2, 0) is 9.47 Å². The van der Waals surface area contributed by atoms with Crippen molar-refractivity contribution in [3.05, 3.63) is 29.8 Å². The maximum absolute atomic E-state index is 9.75. The highest BCUT2D eigenvalue weighted by molar-refractivity contribution is 7.67. The van der Waals surface area contributed by atoms with Gasteiger partial charge in [-0.15, -0.1) is 0 Å². The van der Waals surface area contributed by atoms with Crippen LogP contribution in [0.25, 0.3) is 0 Å². The zero-order valence-corrected chi connectivity index (χ0v) is 18.5. The van der Waals surface area contributed by atoms with Gasteiger partial charge in [-0.25, -0.2) is 0 Å². The predicted octanol–water partition coefficient (Wildman–Crippen LogP) is 6.78. The molecule has 0 aromatic heterocycles. The van der Waals surface area contributed by atoms with Gasteiger partial charge < -0.3 is 26.7 Å². The minimum Gasteiger partial charge on any atom is -0.418 e. The highest BCUT2D eigenvalue weighted by atomic mass is 31.1. The van der Waals surface area contributed by atoms with Crippen LogP contribution in [0.1, 0.15) is 77.1 Å². The van der Waals surface area contributed by atoms with Crippen LogP contribution in [0.5, 0.6) is 0 Å². The van der Waals surface area contributed by atoms with E-state index in [-0.39, 0.29) is 6.29 Å². The van der Waals surface area contributed by atoms with Gasteiger partial charge in [0.1, 0.15) is 5.30 Å². The lowest BCUT2D eigenvalue weighted by Crippen LogP contribution is -2.25. The number of benzene rings is 1. The van der Waals surface area contributed by atoms with Crippen LogP contribution in [0.3, 0.4) is 0 Å². The van der Waals surface area contributed by atoms with Crippen molar-refractivity contribution >= 4 is 20.5 Å². The molecule has 0 radical (unpaired) electrons. The third-order valence-electron chi connectivity index (χ3n) is 5.75. The summed E-state index contributed by atoms with van der Waals surface area (Å²) in [5, 5.41) is 1.62. The van der Waals surface area contributed by atoms with Gasteiger partial charge in [0.05, 0.1) is 11.3 Å². The molecule has 3 rings (SSSR count). The van der Waals surface area contributed by atoms with E-state index >= 15 is 0 Å². The molecule has 0 amide bonds. The lowest BCUT2D eigenvalue weighted by atomic mass is 10.2. The van der Waals surface area contributed by atoms with Gasteiger partial charge in [0.25, 0.3) is 0 Å². The summed E-state index contributed by atoms with van der Waals surface area (Å²) >= 11 is 0. The molecule has 2 aliphatic rings. The van der Waals surface area contributed by atoms with Gasteiger partial charge in [0.2, 0.25) is 0 Å². The zero-order chi connectivity index (χ0) is 21.3. The SMILES string of the molecule is CCOC(OCC)c1ccccc1[PH+](C1CCCC1)C1CCCC1.F[B-](F)(F)F. The van der Waals surface area contributed by atoms with Gasteiger partial charge in [-0.2, -0.15) is 0 Å². The zero-order valence-electron chi connectivity index (χ0n) is 17.5. The van der Waals surface area contributed by atoms with Gasteiger partial charge >= 0.3 is 7.25 Å². The fourth-order valence-corrected chi connectivity index (χ4v) is 9.17. The quantitative estimate of drug-likeness (QED) is 0.194. The largest absolute Gasteiger partial charge is 0.673 e. The number of ether oxygens (including phenoxy) is 2.